The molecule has 1 unspecified atom stereocenters. The Morgan fingerprint density at radius 2 is 1.85 bits per heavy atom. The van der Waals surface area contributed by atoms with Crippen LogP contribution in [0.3, 0.4) is 0 Å². The van der Waals surface area contributed by atoms with Gasteiger partial charge in [-0.2, -0.15) is 0 Å². The molecule has 146 valence electrons. The van der Waals surface area contributed by atoms with E-state index in [2.05, 4.69) is 4.90 Å². The molecule has 1 aromatic rings. The highest BCUT2D eigenvalue weighted by Gasteiger charge is 2.32. The minimum atomic E-state index is -0.229. The molecule has 1 aromatic carbocycles. The van der Waals surface area contributed by atoms with E-state index < -0.39 is 0 Å². The molecule has 5 heteroatoms. The molecule has 2 aliphatic rings. The number of rotatable bonds is 6. The summed E-state index contributed by atoms with van der Waals surface area (Å²) in [6.07, 6.45) is 7.69. The number of carbonyl (C=O) groups excluding carboxylic acids is 1. The molecule has 0 radical (unpaired) electrons. The molecular weight excluding hydrogens is 350 g/mol. The van der Waals surface area contributed by atoms with E-state index in [9.17, 15) is 4.79 Å². The topological polar surface area (TPSA) is 38.8 Å². The zero-order chi connectivity index (χ0) is 17.6. The van der Waals surface area contributed by atoms with Gasteiger partial charge in [0.2, 0.25) is 0 Å². The third kappa shape index (κ3) is 5.62. The Morgan fingerprint density at radius 3 is 2.58 bits per heavy atom. The van der Waals surface area contributed by atoms with E-state index in [1.54, 1.807) is 12.1 Å². The van der Waals surface area contributed by atoms with Gasteiger partial charge in [0.25, 0.3) is 0 Å². The second-order valence-corrected chi connectivity index (χ2v) is 7.62. The van der Waals surface area contributed by atoms with Gasteiger partial charge in [0.05, 0.1) is 18.3 Å². The Morgan fingerprint density at radius 1 is 1.12 bits per heavy atom. The minimum absolute atomic E-state index is 0. The summed E-state index contributed by atoms with van der Waals surface area (Å²) in [6, 6.07) is 7.94. The summed E-state index contributed by atoms with van der Waals surface area (Å²) < 4.78 is 11.1. The number of hydrogen-bond acceptors (Lipinski definition) is 4. The van der Waals surface area contributed by atoms with E-state index in [0.29, 0.717) is 24.1 Å². The van der Waals surface area contributed by atoms with Gasteiger partial charge in [0, 0.05) is 6.04 Å². The van der Waals surface area contributed by atoms with Crippen LogP contribution in [0, 0.1) is 5.92 Å². The van der Waals surface area contributed by atoms with Gasteiger partial charge < -0.3 is 14.4 Å². The summed E-state index contributed by atoms with van der Waals surface area (Å²) in [4.78, 5) is 14.9. The van der Waals surface area contributed by atoms with Crippen molar-refractivity contribution in [3.8, 4) is 5.75 Å². The van der Waals surface area contributed by atoms with Gasteiger partial charge in [0.1, 0.15) is 5.75 Å². The summed E-state index contributed by atoms with van der Waals surface area (Å²) in [5, 5.41) is 0. The summed E-state index contributed by atoms with van der Waals surface area (Å²) in [6.45, 7) is 7.01. The predicted octanol–water partition coefficient (Wildman–Crippen LogP) is 4.71. The smallest absolute Gasteiger partial charge is 0.338 e. The van der Waals surface area contributed by atoms with Gasteiger partial charge in [0.15, 0.2) is 0 Å². The van der Waals surface area contributed by atoms with Crippen LogP contribution in [0.25, 0.3) is 0 Å². The molecule has 2 aliphatic heterocycles. The average molecular weight is 382 g/mol. The Kier molecular flexibility index (Phi) is 8.23. The minimum Gasteiger partial charge on any atom is -0.491 e. The van der Waals surface area contributed by atoms with Crippen LogP contribution < -0.4 is 4.74 Å². The van der Waals surface area contributed by atoms with Crippen molar-refractivity contribution in [1.29, 1.82) is 0 Å². The molecule has 0 spiro atoms. The van der Waals surface area contributed by atoms with Gasteiger partial charge in [-0.1, -0.05) is 6.42 Å². The molecule has 0 saturated carbocycles. The standard InChI is InChI=1S/C21H31NO3.ClH/c1-16(2)25-19-10-8-18(9-11-19)21(23)24-15-12-17-6-5-14-22-13-4-3-7-20(17)22;/h8-11,16-17,20H,3-7,12-15H2,1-2H3;1H/t17-,20?;/m1./s1. The lowest BCUT2D eigenvalue weighted by Crippen LogP contribution is -2.48. The van der Waals surface area contributed by atoms with E-state index in [0.717, 1.165) is 12.2 Å². The van der Waals surface area contributed by atoms with Crippen molar-refractivity contribution >= 4 is 18.4 Å². The first-order chi connectivity index (χ1) is 12.1. The Labute approximate surface area is 163 Å². The lowest BCUT2D eigenvalue weighted by Gasteiger charge is -2.44. The van der Waals surface area contributed by atoms with Crippen LogP contribution >= 0.6 is 12.4 Å². The van der Waals surface area contributed by atoms with Gasteiger partial charge in [-0.3, -0.25) is 0 Å². The van der Waals surface area contributed by atoms with Crippen LogP contribution in [0.5, 0.6) is 5.75 Å². The summed E-state index contributed by atoms with van der Waals surface area (Å²) in [5.41, 5.74) is 0.596. The molecular formula is C21H32ClNO3. The lowest BCUT2D eigenvalue weighted by atomic mass is 9.82. The number of benzene rings is 1. The second kappa shape index (κ2) is 10.2. The van der Waals surface area contributed by atoms with Crippen LogP contribution in [0.4, 0.5) is 0 Å². The van der Waals surface area contributed by atoms with Gasteiger partial charge >= 0.3 is 5.97 Å². The normalized spacial score (nSPS) is 23.0. The van der Waals surface area contributed by atoms with Gasteiger partial charge in [-0.15, -0.1) is 12.4 Å². The van der Waals surface area contributed by atoms with Crippen LogP contribution in [-0.2, 0) is 4.74 Å². The number of ether oxygens (including phenoxy) is 2. The molecule has 2 saturated heterocycles. The first-order valence-electron chi connectivity index (χ1n) is 9.81. The third-order valence-corrected chi connectivity index (χ3v) is 5.41. The summed E-state index contributed by atoms with van der Waals surface area (Å²) in [7, 11) is 0. The average Bonchev–Trinajstić information content (AvgIpc) is 2.62. The maximum absolute atomic E-state index is 12.2. The quantitative estimate of drug-likeness (QED) is 0.669. The molecule has 0 aliphatic carbocycles. The molecule has 2 fully saturated rings. The SMILES string of the molecule is CC(C)Oc1ccc(C(=O)OCC[C@H]2CCCN3CCCCC23)cc1.Cl. The number of esters is 1. The molecule has 4 nitrogen and oxygen atoms in total. The number of hydrogen-bond donors (Lipinski definition) is 0. The summed E-state index contributed by atoms with van der Waals surface area (Å²) in [5.74, 6) is 1.24. The highest BCUT2D eigenvalue weighted by Crippen LogP contribution is 2.32. The highest BCUT2D eigenvalue weighted by atomic mass is 35.5. The fourth-order valence-corrected chi connectivity index (χ4v) is 4.24. The Bertz CT molecular complexity index is 559. The lowest BCUT2D eigenvalue weighted by molar-refractivity contribution is 0.0296. The fraction of sp³-hybridized carbons (Fsp3) is 0.667. The van der Waals surface area contributed by atoms with E-state index in [-0.39, 0.29) is 24.5 Å². The Hall–Kier alpha value is -1.26. The molecule has 0 amide bonds. The zero-order valence-corrected chi connectivity index (χ0v) is 16.8. The largest absolute Gasteiger partial charge is 0.491 e. The van der Waals surface area contributed by atoms with Crippen molar-refractivity contribution in [2.45, 2.75) is 64.5 Å². The Balaban J connectivity index is 0.00000243. The fourth-order valence-electron chi connectivity index (χ4n) is 4.24. The van der Waals surface area contributed by atoms with Crippen molar-refractivity contribution in [2.24, 2.45) is 5.92 Å². The maximum Gasteiger partial charge on any atom is 0.338 e. The molecule has 26 heavy (non-hydrogen) atoms. The zero-order valence-electron chi connectivity index (χ0n) is 16.0. The number of piperidine rings is 2. The third-order valence-electron chi connectivity index (χ3n) is 5.41. The van der Waals surface area contributed by atoms with Crippen LogP contribution in [-0.4, -0.2) is 42.7 Å². The molecule has 0 bridgehead atoms. The number of carbonyl (C=O) groups is 1. The highest BCUT2D eigenvalue weighted by molar-refractivity contribution is 5.89. The van der Waals surface area contributed by atoms with Crippen molar-refractivity contribution in [3.63, 3.8) is 0 Å². The second-order valence-electron chi connectivity index (χ2n) is 7.62. The van der Waals surface area contributed by atoms with Crippen LogP contribution in [0.15, 0.2) is 24.3 Å². The molecule has 2 heterocycles. The first kappa shape index (κ1) is 21.0. The van der Waals surface area contributed by atoms with Crippen LogP contribution in [0.1, 0.15) is 62.7 Å². The predicted molar refractivity (Wildman–Crippen MR) is 106 cm³/mol. The monoisotopic (exact) mass is 381 g/mol. The van der Waals surface area contributed by atoms with Crippen molar-refractivity contribution in [1.82, 2.24) is 4.90 Å². The molecule has 0 aromatic heterocycles. The van der Waals surface area contributed by atoms with Gasteiger partial charge in [-0.05, 0) is 89.2 Å². The maximum atomic E-state index is 12.2. The van der Waals surface area contributed by atoms with E-state index >= 15 is 0 Å². The van der Waals surface area contributed by atoms with E-state index in [4.69, 9.17) is 9.47 Å². The van der Waals surface area contributed by atoms with Gasteiger partial charge in [-0.25, -0.2) is 4.79 Å². The first-order valence-corrected chi connectivity index (χ1v) is 9.81. The van der Waals surface area contributed by atoms with E-state index in [1.807, 2.05) is 26.0 Å². The van der Waals surface area contributed by atoms with Crippen LogP contribution in [0.2, 0.25) is 0 Å². The molecule has 0 N–H and O–H groups in total. The summed E-state index contributed by atoms with van der Waals surface area (Å²) >= 11 is 0. The van der Waals surface area contributed by atoms with E-state index in [1.165, 1.54) is 45.2 Å². The number of fused-ring (bicyclic) bond motifs is 1. The van der Waals surface area contributed by atoms with Crippen molar-refractivity contribution in [3.05, 3.63) is 29.8 Å². The number of halogens is 1. The van der Waals surface area contributed by atoms with Crippen molar-refractivity contribution in [2.75, 3.05) is 19.7 Å². The van der Waals surface area contributed by atoms with Crippen molar-refractivity contribution < 1.29 is 14.3 Å². The molecule has 2 atom stereocenters. The number of nitrogens with zero attached hydrogens (tertiary/aromatic N) is 1. The molecule has 3 rings (SSSR count).